The molecule has 0 aromatic heterocycles. The zero-order valence-electron chi connectivity index (χ0n) is 12.3. The van der Waals surface area contributed by atoms with Crippen LogP contribution in [0.2, 0.25) is 0 Å². The molecule has 2 aromatic rings. The lowest BCUT2D eigenvalue weighted by atomic mass is 9.99. The molecule has 0 amide bonds. The summed E-state index contributed by atoms with van der Waals surface area (Å²) >= 11 is 6.70. The topological polar surface area (TPSA) is 46.2 Å². The van der Waals surface area contributed by atoms with Crippen LogP contribution in [0.25, 0.3) is 0 Å². The number of hydrogen-bond acceptors (Lipinski definition) is 2. The van der Waals surface area contributed by atoms with Gasteiger partial charge in [-0.15, -0.1) is 0 Å². The van der Waals surface area contributed by atoms with Gasteiger partial charge in [-0.05, 0) is 64.2 Å². The number of hydrogen-bond donors (Lipinski definition) is 1. The van der Waals surface area contributed by atoms with Gasteiger partial charge in [0, 0.05) is 8.95 Å². The maximum atomic E-state index is 12.4. The third kappa shape index (κ3) is 4.12. The lowest BCUT2D eigenvalue weighted by molar-refractivity contribution is 0.601. The molecule has 0 radical (unpaired) electrons. The van der Waals surface area contributed by atoms with E-state index >= 15 is 0 Å². The first-order chi connectivity index (χ1) is 10.3. The quantitative estimate of drug-likeness (QED) is 0.656. The number of anilines is 1. The first kappa shape index (κ1) is 17.5. The van der Waals surface area contributed by atoms with Crippen LogP contribution in [0.15, 0.2) is 56.3 Å². The van der Waals surface area contributed by atoms with E-state index < -0.39 is 10.0 Å². The van der Waals surface area contributed by atoms with Crippen molar-refractivity contribution in [1.82, 2.24) is 0 Å². The Hall–Kier alpha value is -0.850. The van der Waals surface area contributed by atoms with Gasteiger partial charge in [0.25, 0.3) is 10.0 Å². The molecule has 0 saturated carbocycles. The van der Waals surface area contributed by atoms with E-state index in [4.69, 9.17) is 0 Å². The van der Waals surface area contributed by atoms with E-state index in [1.807, 2.05) is 12.1 Å². The molecule has 3 nitrogen and oxygen atoms in total. The average molecular weight is 447 g/mol. The highest BCUT2D eigenvalue weighted by Crippen LogP contribution is 2.28. The molecule has 0 aliphatic carbocycles. The number of rotatable bonds is 5. The fraction of sp³-hybridized carbons (Fsp3) is 0.250. The second kappa shape index (κ2) is 7.15. The van der Waals surface area contributed by atoms with Crippen LogP contribution in [-0.2, 0) is 10.0 Å². The highest BCUT2D eigenvalue weighted by atomic mass is 79.9. The molecule has 2 aromatic carbocycles. The largest absolute Gasteiger partial charge is 0.278 e. The van der Waals surface area contributed by atoms with Crippen LogP contribution in [0, 0.1) is 0 Å². The Morgan fingerprint density at radius 2 is 1.73 bits per heavy atom. The number of sulfonamides is 1. The molecule has 22 heavy (non-hydrogen) atoms. The van der Waals surface area contributed by atoms with Crippen LogP contribution >= 0.6 is 31.9 Å². The third-order valence-electron chi connectivity index (χ3n) is 3.55. The number of halogens is 2. The molecule has 118 valence electrons. The molecule has 6 heteroatoms. The zero-order chi connectivity index (χ0) is 16.3. The number of benzene rings is 2. The van der Waals surface area contributed by atoms with Crippen LogP contribution in [0.5, 0.6) is 0 Å². The average Bonchev–Trinajstić information content (AvgIpc) is 2.49. The Labute approximate surface area is 148 Å². The summed E-state index contributed by atoms with van der Waals surface area (Å²) in [5.41, 5.74) is 1.65. The maximum absolute atomic E-state index is 12.4. The fourth-order valence-corrected chi connectivity index (χ4v) is 4.34. The second-order valence-corrected chi connectivity index (χ2v) is 8.56. The standard InChI is InChI=1S/C16H17Br2NO2S/c1-3-11(2)12-4-7-14(8-5-12)22(20,21)19-16-9-6-13(17)10-15(16)18/h4-11,19H,3H2,1-2H3. The summed E-state index contributed by atoms with van der Waals surface area (Å²) in [5, 5.41) is 0. The van der Waals surface area contributed by atoms with E-state index in [1.165, 1.54) is 0 Å². The van der Waals surface area contributed by atoms with E-state index in [-0.39, 0.29) is 4.90 Å². The molecule has 0 heterocycles. The summed E-state index contributed by atoms with van der Waals surface area (Å²) in [6, 6.07) is 12.3. The van der Waals surface area contributed by atoms with Crippen LogP contribution in [0.1, 0.15) is 31.7 Å². The Morgan fingerprint density at radius 1 is 1.09 bits per heavy atom. The van der Waals surface area contributed by atoms with Crippen LogP contribution < -0.4 is 4.72 Å². The fourth-order valence-electron chi connectivity index (χ4n) is 1.99. The lowest BCUT2D eigenvalue weighted by Crippen LogP contribution is -2.13. The van der Waals surface area contributed by atoms with Crippen molar-refractivity contribution in [3.8, 4) is 0 Å². The van der Waals surface area contributed by atoms with Gasteiger partial charge in [-0.2, -0.15) is 0 Å². The summed E-state index contributed by atoms with van der Waals surface area (Å²) in [7, 11) is -3.59. The van der Waals surface area contributed by atoms with Crippen molar-refractivity contribution in [3.63, 3.8) is 0 Å². The summed E-state index contributed by atoms with van der Waals surface area (Å²) in [6.07, 6.45) is 1.02. The van der Waals surface area contributed by atoms with E-state index in [9.17, 15) is 8.42 Å². The molecule has 0 aliphatic heterocycles. The molecular formula is C16H17Br2NO2S. The van der Waals surface area contributed by atoms with Gasteiger partial charge in [0.2, 0.25) is 0 Å². The van der Waals surface area contributed by atoms with Gasteiger partial charge in [0.05, 0.1) is 10.6 Å². The van der Waals surface area contributed by atoms with Crippen molar-refractivity contribution in [3.05, 3.63) is 57.0 Å². The summed E-state index contributed by atoms with van der Waals surface area (Å²) in [5.74, 6) is 0.422. The predicted molar refractivity (Wildman–Crippen MR) is 97.8 cm³/mol. The Bertz CT molecular complexity index is 758. The van der Waals surface area contributed by atoms with Gasteiger partial charge in [-0.3, -0.25) is 4.72 Å². The molecule has 2 rings (SSSR count). The third-order valence-corrected chi connectivity index (χ3v) is 6.08. The van der Waals surface area contributed by atoms with E-state index in [0.717, 1.165) is 16.5 Å². The summed E-state index contributed by atoms with van der Waals surface area (Å²) < 4.78 is 29.0. The van der Waals surface area contributed by atoms with Gasteiger partial charge in [-0.1, -0.05) is 41.9 Å². The van der Waals surface area contributed by atoms with Crippen LogP contribution in [0.4, 0.5) is 5.69 Å². The Kier molecular flexibility index (Phi) is 5.69. The molecule has 1 N–H and O–H groups in total. The van der Waals surface area contributed by atoms with Gasteiger partial charge < -0.3 is 0 Å². The van der Waals surface area contributed by atoms with Crippen molar-refractivity contribution in [1.29, 1.82) is 0 Å². The Balaban J connectivity index is 2.26. The van der Waals surface area contributed by atoms with Crippen molar-refractivity contribution in [2.45, 2.75) is 31.1 Å². The van der Waals surface area contributed by atoms with E-state index in [0.29, 0.717) is 16.1 Å². The SMILES string of the molecule is CCC(C)c1ccc(S(=O)(=O)Nc2ccc(Br)cc2Br)cc1. The van der Waals surface area contributed by atoms with E-state index in [1.54, 1.807) is 30.3 Å². The maximum Gasteiger partial charge on any atom is 0.261 e. The smallest absolute Gasteiger partial charge is 0.261 e. The minimum atomic E-state index is -3.59. The first-order valence-corrected chi connectivity index (χ1v) is 9.98. The van der Waals surface area contributed by atoms with Crippen molar-refractivity contribution < 1.29 is 8.42 Å². The molecule has 1 atom stereocenters. The molecule has 0 saturated heterocycles. The molecule has 0 fully saturated rings. The van der Waals surface area contributed by atoms with Gasteiger partial charge in [-0.25, -0.2) is 8.42 Å². The molecule has 0 bridgehead atoms. The minimum Gasteiger partial charge on any atom is -0.278 e. The minimum absolute atomic E-state index is 0.259. The molecule has 0 spiro atoms. The van der Waals surface area contributed by atoms with Crippen molar-refractivity contribution in [2.75, 3.05) is 4.72 Å². The van der Waals surface area contributed by atoms with E-state index in [2.05, 4.69) is 50.4 Å². The Morgan fingerprint density at radius 3 is 2.27 bits per heavy atom. The number of nitrogens with one attached hydrogen (secondary N) is 1. The van der Waals surface area contributed by atoms with Gasteiger partial charge in [0.15, 0.2) is 0 Å². The monoisotopic (exact) mass is 445 g/mol. The first-order valence-electron chi connectivity index (χ1n) is 6.91. The molecular weight excluding hydrogens is 430 g/mol. The predicted octanol–water partition coefficient (Wildman–Crippen LogP) is 5.53. The van der Waals surface area contributed by atoms with Gasteiger partial charge in [0.1, 0.15) is 0 Å². The lowest BCUT2D eigenvalue weighted by Gasteiger charge is -2.12. The van der Waals surface area contributed by atoms with Crippen LogP contribution in [0.3, 0.4) is 0 Å². The highest BCUT2D eigenvalue weighted by Gasteiger charge is 2.16. The van der Waals surface area contributed by atoms with Crippen LogP contribution in [-0.4, -0.2) is 8.42 Å². The summed E-state index contributed by atoms with van der Waals surface area (Å²) in [4.78, 5) is 0.259. The second-order valence-electron chi connectivity index (χ2n) is 5.11. The molecule has 1 unspecified atom stereocenters. The normalized spacial score (nSPS) is 12.9. The summed E-state index contributed by atoms with van der Waals surface area (Å²) in [6.45, 7) is 4.24. The van der Waals surface area contributed by atoms with Crippen molar-refractivity contribution >= 4 is 47.6 Å². The zero-order valence-corrected chi connectivity index (χ0v) is 16.3. The van der Waals surface area contributed by atoms with Gasteiger partial charge >= 0.3 is 0 Å². The highest BCUT2D eigenvalue weighted by molar-refractivity contribution is 9.11. The molecule has 0 aliphatic rings. The van der Waals surface area contributed by atoms with Crippen molar-refractivity contribution in [2.24, 2.45) is 0 Å².